The monoisotopic (exact) mass is 298 g/mol. The lowest BCUT2D eigenvalue weighted by atomic mass is 9.87. The van der Waals surface area contributed by atoms with Crippen LogP contribution in [0.4, 0.5) is 0 Å². The molecule has 0 radical (unpaired) electrons. The maximum Gasteiger partial charge on any atom is 0.230 e. The quantitative estimate of drug-likeness (QED) is 0.854. The van der Waals surface area contributed by atoms with Gasteiger partial charge in [-0.05, 0) is 44.9 Å². The molecule has 3 unspecified atom stereocenters. The zero-order valence-electron chi connectivity index (χ0n) is 12.4. The number of carbonyl (C=O) groups excluding carboxylic acids is 1. The van der Waals surface area contributed by atoms with E-state index in [1.54, 1.807) is 0 Å². The molecule has 0 saturated carbocycles. The molecule has 0 aromatic rings. The Morgan fingerprint density at radius 3 is 3.00 bits per heavy atom. The van der Waals surface area contributed by atoms with Crippen molar-refractivity contribution in [3.8, 4) is 0 Å². The smallest absolute Gasteiger partial charge is 0.230 e. The summed E-state index contributed by atoms with van der Waals surface area (Å²) in [4.78, 5) is 15.2. The maximum atomic E-state index is 13.1. The van der Waals surface area contributed by atoms with Crippen LogP contribution in [0.5, 0.6) is 0 Å². The molecule has 1 N–H and O–H groups in total. The Morgan fingerprint density at radius 1 is 1.50 bits per heavy atom. The molecule has 114 valence electrons. The third-order valence-electron chi connectivity index (χ3n) is 4.92. The van der Waals surface area contributed by atoms with Gasteiger partial charge in [-0.3, -0.25) is 4.79 Å². The van der Waals surface area contributed by atoms with Crippen LogP contribution in [0.3, 0.4) is 0 Å². The minimum atomic E-state index is -0.203. The number of hydrogen-bond acceptors (Lipinski definition) is 4. The second-order valence-electron chi connectivity index (χ2n) is 6.60. The van der Waals surface area contributed by atoms with Gasteiger partial charge in [0.25, 0.3) is 0 Å². The van der Waals surface area contributed by atoms with E-state index in [9.17, 15) is 4.79 Å². The van der Waals surface area contributed by atoms with Crippen LogP contribution in [0.2, 0.25) is 0 Å². The van der Waals surface area contributed by atoms with Gasteiger partial charge >= 0.3 is 0 Å². The van der Waals surface area contributed by atoms with Gasteiger partial charge in [0.2, 0.25) is 5.91 Å². The Hall–Kier alpha value is -0.260. The molecule has 1 amide bonds. The highest BCUT2D eigenvalue weighted by Crippen LogP contribution is 2.32. The van der Waals surface area contributed by atoms with E-state index in [2.05, 4.69) is 17.1 Å². The molecule has 3 fully saturated rings. The zero-order valence-corrected chi connectivity index (χ0v) is 13.2. The van der Waals surface area contributed by atoms with Gasteiger partial charge in [0.05, 0.1) is 11.5 Å². The highest BCUT2D eigenvalue weighted by molar-refractivity contribution is 7.99. The Kier molecular flexibility index (Phi) is 4.58. The van der Waals surface area contributed by atoms with E-state index in [1.807, 2.05) is 11.8 Å². The highest BCUT2D eigenvalue weighted by Gasteiger charge is 2.42. The van der Waals surface area contributed by atoms with Crippen molar-refractivity contribution < 1.29 is 9.53 Å². The molecule has 3 atom stereocenters. The van der Waals surface area contributed by atoms with Crippen LogP contribution < -0.4 is 5.32 Å². The van der Waals surface area contributed by atoms with E-state index < -0.39 is 0 Å². The molecule has 3 rings (SSSR count). The number of nitrogens with one attached hydrogen (secondary N) is 1. The molecule has 3 aliphatic rings. The van der Waals surface area contributed by atoms with Crippen LogP contribution >= 0.6 is 11.8 Å². The second-order valence-corrected chi connectivity index (χ2v) is 7.75. The van der Waals surface area contributed by atoms with E-state index in [0.717, 1.165) is 57.7 Å². The van der Waals surface area contributed by atoms with Gasteiger partial charge in [-0.25, -0.2) is 0 Å². The fourth-order valence-corrected chi connectivity index (χ4v) is 4.74. The summed E-state index contributed by atoms with van der Waals surface area (Å²) in [5.74, 6) is 2.64. The van der Waals surface area contributed by atoms with Crippen molar-refractivity contribution in [3.63, 3.8) is 0 Å². The third-order valence-corrected chi connectivity index (χ3v) is 6.06. The van der Waals surface area contributed by atoms with Crippen molar-refractivity contribution in [2.45, 2.75) is 44.8 Å². The molecule has 3 heterocycles. The molecular formula is C15H26N2O2S. The molecule has 0 spiro atoms. The number of carbonyl (C=O) groups is 1. The summed E-state index contributed by atoms with van der Waals surface area (Å²) in [6.07, 6.45) is 4.63. The summed E-state index contributed by atoms with van der Waals surface area (Å²) in [5.41, 5.74) is -0.203. The molecule has 0 aromatic carbocycles. The number of thioether (sulfide) groups is 1. The molecule has 20 heavy (non-hydrogen) atoms. The lowest BCUT2D eigenvalue weighted by Gasteiger charge is -2.36. The van der Waals surface area contributed by atoms with E-state index in [0.29, 0.717) is 11.9 Å². The molecule has 3 aliphatic heterocycles. The summed E-state index contributed by atoms with van der Waals surface area (Å²) in [6.45, 7) is 5.59. The number of rotatable bonds is 4. The molecule has 4 nitrogen and oxygen atoms in total. The van der Waals surface area contributed by atoms with Crippen LogP contribution in [-0.2, 0) is 9.53 Å². The average Bonchev–Trinajstić information content (AvgIpc) is 3.18. The third kappa shape index (κ3) is 3.00. The Morgan fingerprint density at radius 2 is 2.40 bits per heavy atom. The van der Waals surface area contributed by atoms with E-state index in [1.165, 1.54) is 5.75 Å². The number of amides is 1. The topological polar surface area (TPSA) is 41.6 Å². The van der Waals surface area contributed by atoms with Gasteiger partial charge in [-0.1, -0.05) is 0 Å². The first-order valence-corrected chi connectivity index (χ1v) is 9.06. The Balaban J connectivity index is 1.71. The predicted molar refractivity (Wildman–Crippen MR) is 82.0 cm³/mol. The van der Waals surface area contributed by atoms with Crippen LogP contribution in [0.1, 0.15) is 32.6 Å². The van der Waals surface area contributed by atoms with Crippen LogP contribution in [0, 0.1) is 5.41 Å². The van der Waals surface area contributed by atoms with Gasteiger partial charge in [0, 0.05) is 31.5 Å². The van der Waals surface area contributed by atoms with Crippen LogP contribution in [0.25, 0.3) is 0 Å². The standard InChI is InChI=1S/C15H26N2O2S/c1-15(5-6-16-11-15)14(18)17(12-4-8-20-10-12)9-13-3-2-7-19-13/h12-13,16H,2-11H2,1H3. The lowest BCUT2D eigenvalue weighted by molar-refractivity contribution is -0.144. The SMILES string of the molecule is CC1(C(=O)N(CC2CCCO2)C2CCSC2)CCNC1. The van der Waals surface area contributed by atoms with Gasteiger partial charge < -0.3 is 15.0 Å². The molecule has 0 aliphatic carbocycles. The highest BCUT2D eigenvalue weighted by atomic mass is 32.2. The van der Waals surface area contributed by atoms with E-state index in [4.69, 9.17) is 4.74 Å². The van der Waals surface area contributed by atoms with Crippen molar-refractivity contribution >= 4 is 17.7 Å². The van der Waals surface area contributed by atoms with Crippen LogP contribution in [0.15, 0.2) is 0 Å². The summed E-state index contributed by atoms with van der Waals surface area (Å²) >= 11 is 1.98. The Labute approximate surface area is 126 Å². The first-order chi connectivity index (χ1) is 9.69. The molecular weight excluding hydrogens is 272 g/mol. The largest absolute Gasteiger partial charge is 0.376 e. The normalized spacial score (nSPS) is 37.5. The van der Waals surface area contributed by atoms with Crippen molar-refractivity contribution in [2.75, 3.05) is 37.7 Å². The molecule has 0 bridgehead atoms. The first-order valence-electron chi connectivity index (χ1n) is 7.90. The first kappa shape index (κ1) is 14.7. The fraction of sp³-hybridized carbons (Fsp3) is 0.933. The number of ether oxygens (including phenoxy) is 1. The van der Waals surface area contributed by atoms with Gasteiger partial charge in [0.1, 0.15) is 0 Å². The van der Waals surface area contributed by atoms with Crippen molar-refractivity contribution in [1.82, 2.24) is 10.2 Å². The van der Waals surface area contributed by atoms with E-state index in [-0.39, 0.29) is 11.5 Å². The fourth-order valence-electron chi connectivity index (χ4n) is 3.52. The zero-order chi connectivity index (χ0) is 14.0. The lowest BCUT2D eigenvalue weighted by Crippen LogP contribution is -2.51. The predicted octanol–water partition coefficient (Wildman–Crippen LogP) is 1.50. The van der Waals surface area contributed by atoms with E-state index >= 15 is 0 Å². The maximum absolute atomic E-state index is 13.1. The van der Waals surface area contributed by atoms with Gasteiger partial charge in [0.15, 0.2) is 0 Å². The summed E-state index contributed by atoms with van der Waals surface area (Å²) in [6, 6.07) is 0.425. The number of hydrogen-bond donors (Lipinski definition) is 1. The molecule has 0 aromatic heterocycles. The van der Waals surface area contributed by atoms with Gasteiger partial charge in [-0.15, -0.1) is 0 Å². The van der Waals surface area contributed by atoms with Crippen molar-refractivity contribution in [2.24, 2.45) is 5.41 Å². The summed E-state index contributed by atoms with van der Waals surface area (Å²) in [7, 11) is 0. The minimum absolute atomic E-state index is 0.203. The molecule has 3 saturated heterocycles. The summed E-state index contributed by atoms with van der Waals surface area (Å²) in [5, 5.41) is 3.35. The van der Waals surface area contributed by atoms with Crippen molar-refractivity contribution in [3.05, 3.63) is 0 Å². The average molecular weight is 298 g/mol. The van der Waals surface area contributed by atoms with Gasteiger partial charge in [-0.2, -0.15) is 11.8 Å². The molecule has 5 heteroatoms. The van der Waals surface area contributed by atoms with Crippen LogP contribution in [-0.4, -0.2) is 60.7 Å². The summed E-state index contributed by atoms with van der Waals surface area (Å²) < 4.78 is 5.77. The van der Waals surface area contributed by atoms with Crippen molar-refractivity contribution in [1.29, 1.82) is 0 Å². The Bertz CT molecular complexity index is 346. The minimum Gasteiger partial charge on any atom is -0.376 e. The second kappa shape index (κ2) is 6.24. The number of nitrogens with zero attached hydrogens (tertiary/aromatic N) is 1.